The fourth-order valence-electron chi connectivity index (χ4n) is 1.85. The molecule has 7 nitrogen and oxygen atoms in total. The monoisotopic (exact) mass is 275 g/mol. The number of aliphatic hydroxyl groups is 1. The highest BCUT2D eigenvalue weighted by Crippen LogP contribution is 2.28. The van der Waals surface area contributed by atoms with Crippen molar-refractivity contribution in [3.05, 3.63) is 11.7 Å². The van der Waals surface area contributed by atoms with Gasteiger partial charge in [0.05, 0.1) is 0 Å². The van der Waals surface area contributed by atoms with E-state index < -0.39 is 20.7 Å². The molecule has 0 amide bonds. The van der Waals surface area contributed by atoms with Crippen molar-refractivity contribution in [2.24, 2.45) is 0 Å². The van der Waals surface area contributed by atoms with Crippen molar-refractivity contribution in [2.45, 2.75) is 30.6 Å². The molecule has 2 heterocycles. The molecule has 0 bridgehead atoms. The van der Waals surface area contributed by atoms with Crippen molar-refractivity contribution in [2.75, 3.05) is 19.3 Å². The van der Waals surface area contributed by atoms with Crippen molar-refractivity contribution in [3.8, 4) is 0 Å². The van der Waals surface area contributed by atoms with E-state index in [1.165, 1.54) is 6.92 Å². The summed E-state index contributed by atoms with van der Waals surface area (Å²) in [6.07, 6.45) is 2.44. The minimum absolute atomic E-state index is 0.0835. The zero-order chi connectivity index (χ0) is 13.4. The number of aromatic nitrogens is 2. The van der Waals surface area contributed by atoms with Gasteiger partial charge in [-0.05, 0) is 26.3 Å². The van der Waals surface area contributed by atoms with Crippen molar-refractivity contribution < 1.29 is 18.0 Å². The Morgan fingerprint density at radius 2 is 2.28 bits per heavy atom. The topological polar surface area (TPSA) is 105 Å². The van der Waals surface area contributed by atoms with E-state index in [2.05, 4.69) is 15.5 Å². The van der Waals surface area contributed by atoms with E-state index >= 15 is 0 Å². The van der Waals surface area contributed by atoms with Crippen LogP contribution < -0.4 is 5.32 Å². The molecule has 0 aromatic carbocycles. The fourth-order valence-corrected chi connectivity index (χ4v) is 2.33. The minimum Gasteiger partial charge on any atom is -0.379 e. The van der Waals surface area contributed by atoms with Gasteiger partial charge in [-0.2, -0.15) is 4.98 Å². The zero-order valence-electron chi connectivity index (χ0n) is 10.4. The molecule has 8 heteroatoms. The normalized spacial score (nSPS) is 27.1. The number of sulfone groups is 1. The van der Waals surface area contributed by atoms with E-state index in [9.17, 15) is 13.5 Å². The highest BCUT2D eigenvalue weighted by Gasteiger charge is 2.38. The van der Waals surface area contributed by atoms with Gasteiger partial charge in [0.25, 0.3) is 5.89 Å². The van der Waals surface area contributed by atoms with Crippen molar-refractivity contribution in [1.82, 2.24) is 15.5 Å². The van der Waals surface area contributed by atoms with Gasteiger partial charge in [-0.15, -0.1) is 0 Å². The lowest BCUT2D eigenvalue weighted by Crippen LogP contribution is -2.43. The van der Waals surface area contributed by atoms with E-state index in [-0.39, 0.29) is 11.7 Å². The maximum atomic E-state index is 11.4. The summed E-state index contributed by atoms with van der Waals surface area (Å²) in [7, 11) is -3.28. The van der Waals surface area contributed by atoms with Gasteiger partial charge >= 0.3 is 0 Å². The summed E-state index contributed by atoms with van der Waals surface area (Å²) in [5.41, 5.74) is -1.19. The molecule has 0 radical (unpaired) electrons. The second-order valence-electron chi connectivity index (χ2n) is 4.74. The molecule has 1 aromatic heterocycles. The molecule has 2 N–H and O–H groups in total. The highest BCUT2D eigenvalue weighted by molar-refractivity contribution is 7.90. The molecule has 0 saturated carbocycles. The van der Waals surface area contributed by atoms with Gasteiger partial charge in [-0.3, -0.25) is 0 Å². The second-order valence-corrected chi connectivity index (χ2v) is 7.11. The maximum Gasteiger partial charge on any atom is 0.259 e. The third kappa shape index (κ3) is 2.55. The lowest BCUT2D eigenvalue weighted by atomic mass is 9.94. The molecule has 1 fully saturated rings. The largest absolute Gasteiger partial charge is 0.379 e. The minimum atomic E-state index is -3.28. The predicted molar refractivity (Wildman–Crippen MR) is 63.6 cm³/mol. The SMILES string of the molecule is CC(c1noc(C2(O)CCCNC2)n1)S(C)(=O)=O. The average Bonchev–Trinajstić information content (AvgIpc) is 2.77. The Bertz CT molecular complexity index is 519. The van der Waals surface area contributed by atoms with E-state index in [0.29, 0.717) is 13.0 Å². The molecule has 2 unspecified atom stereocenters. The molecule has 102 valence electrons. The predicted octanol–water partition coefficient (Wildman–Crippen LogP) is -0.254. The van der Waals surface area contributed by atoms with Gasteiger partial charge in [-0.1, -0.05) is 5.16 Å². The van der Waals surface area contributed by atoms with E-state index in [0.717, 1.165) is 19.2 Å². The van der Waals surface area contributed by atoms with Gasteiger partial charge in [0.1, 0.15) is 5.25 Å². The fraction of sp³-hybridized carbons (Fsp3) is 0.800. The number of hydrogen-bond acceptors (Lipinski definition) is 7. The van der Waals surface area contributed by atoms with Crippen LogP contribution in [0.25, 0.3) is 0 Å². The summed E-state index contributed by atoms with van der Waals surface area (Å²) in [5, 5.41) is 16.2. The molecule has 1 aliphatic rings. The first kappa shape index (κ1) is 13.4. The first-order valence-electron chi connectivity index (χ1n) is 5.79. The Kier molecular flexibility index (Phi) is 3.43. The van der Waals surface area contributed by atoms with Crippen LogP contribution in [0.4, 0.5) is 0 Å². The van der Waals surface area contributed by atoms with Crippen molar-refractivity contribution >= 4 is 9.84 Å². The Balaban J connectivity index is 2.25. The smallest absolute Gasteiger partial charge is 0.259 e. The molecule has 0 aliphatic carbocycles. The molecular formula is C10H17N3O4S. The van der Waals surface area contributed by atoms with E-state index in [4.69, 9.17) is 4.52 Å². The quantitative estimate of drug-likeness (QED) is 0.783. The molecular weight excluding hydrogens is 258 g/mol. The highest BCUT2D eigenvalue weighted by atomic mass is 32.2. The van der Waals surface area contributed by atoms with Crippen LogP contribution in [0.3, 0.4) is 0 Å². The van der Waals surface area contributed by atoms with Crippen LogP contribution in [0.15, 0.2) is 4.52 Å². The number of nitrogens with one attached hydrogen (secondary N) is 1. The molecule has 18 heavy (non-hydrogen) atoms. The zero-order valence-corrected chi connectivity index (χ0v) is 11.2. The summed E-state index contributed by atoms with van der Waals surface area (Å²) >= 11 is 0. The summed E-state index contributed by atoms with van der Waals surface area (Å²) in [5.74, 6) is 0.173. The lowest BCUT2D eigenvalue weighted by Gasteiger charge is -2.28. The van der Waals surface area contributed by atoms with Crippen LogP contribution >= 0.6 is 0 Å². The van der Waals surface area contributed by atoms with Crippen LogP contribution in [0.2, 0.25) is 0 Å². The summed E-state index contributed by atoms with van der Waals surface area (Å²) < 4.78 is 27.8. The third-order valence-corrected chi connectivity index (χ3v) is 4.70. The standard InChI is InChI=1S/C10H17N3O4S/c1-7(18(2,15)16)8-12-9(17-13-8)10(14)4-3-5-11-6-10/h7,11,14H,3-6H2,1-2H3. The molecule has 2 atom stereocenters. The first-order valence-corrected chi connectivity index (χ1v) is 7.74. The van der Waals surface area contributed by atoms with Gasteiger partial charge in [0.15, 0.2) is 21.3 Å². The van der Waals surface area contributed by atoms with Gasteiger partial charge in [0, 0.05) is 12.8 Å². The molecule has 2 rings (SSSR count). The Morgan fingerprint density at radius 3 is 2.83 bits per heavy atom. The molecule has 0 spiro atoms. The maximum absolute atomic E-state index is 11.4. The lowest BCUT2D eigenvalue weighted by molar-refractivity contribution is -0.0167. The number of piperidine rings is 1. The van der Waals surface area contributed by atoms with E-state index in [1.807, 2.05) is 0 Å². The number of hydrogen-bond donors (Lipinski definition) is 2. The Morgan fingerprint density at radius 1 is 1.56 bits per heavy atom. The van der Waals surface area contributed by atoms with E-state index in [1.54, 1.807) is 0 Å². The summed E-state index contributed by atoms with van der Waals surface area (Å²) in [6.45, 7) is 2.66. The molecule has 1 saturated heterocycles. The Labute approximate surface area is 105 Å². The third-order valence-electron chi connectivity index (χ3n) is 3.21. The number of rotatable bonds is 3. The Hall–Kier alpha value is -0.990. The van der Waals surface area contributed by atoms with Crippen molar-refractivity contribution in [3.63, 3.8) is 0 Å². The van der Waals surface area contributed by atoms with Crippen LogP contribution in [0, 0.1) is 0 Å². The van der Waals surface area contributed by atoms with Crippen LogP contribution in [-0.4, -0.2) is 43.0 Å². The number of β-amino-alcohol motifs (C(OH)–C–C–N with tert-alkyl or cyclic N) is 1. The van der Waals surface area contributed by atoms with Gasteiger partial charge < -0.3 is 14.9 Å². The first-order chi connectivity index (χ1) is 8.33. The van der Waals surface area contributed by atoms with Crippen LogP contribution in [-0.2, 0) is 15.4 Å². The van der Waals surface area contributed by atoms with Crippen LogP contribution in [0.1, 0.15) is 36.7 Å². The second kappa shape index (κ2) is 4.60. The summed E-state index contributed by atoms with van der Waals surface area (Å²) in [4.78, 5) is 4.03. The van der Waals surface area contributed by atoms with Crippen LogP contribution in [0.5, 0.6) is 0 Å². The molecule has 1 aromatic rings. The molecule has 1 aliphatic heterocycles. The van der Waals surface area contributed by atoms with Crippen molar-refractivity contribution in [1.29, 1.82) is 0 Å². The number of nitrogens with zero attached hydrogens (tertiary/aromatic N) is 2. The van der Waals surface area contributed by atoms with Gasteiger partial charge in [0.2, 0.25) is 0 Å². The average molecular weight is 275 g/mol. The summed E-state index contributed by atoms with van der Waals surface area (Å²) in [6, 6.07) is 0. The van der Waals surface area contributed by atoms with Gasteiger partial charge in [-0.25, -0.2) is 8.42 Å².